The van der Waals surface area contributed by atoms with Gasteiger partial charge in [0.2, 0.25) is 0 Å². The summed E-state index contributed by atoms with van der Waals surface area (Å²) in [5, 5.41) is 2.19. The fraction of sp³-hybridized carbons (Fsp3) is 0.0500. The van der Waals surface area contributed by atoms with Crippen LogP contribution in [0.15, 0.2) is 59.4 Å². The van der Waals surface area contributed by atoms with Gasteiger partial charge < -0.3 is 4.98 Å². The Balaban J connectivity index is 1.54. The van der Waals surface area contributed by atoms with E-state index in [0.29, 0.717) is 22.7 Å². The SMILES string of the molecule is O=c1[nH]c(Cc2nc3cc(Cl)ccc3s2)nc2sc(-c3ccccc3)cc12. The molecule has 0 radical (unpaired) electrons. The van der Waals surface area contributed by atoms with Crippen LogP contribution in [-0.2, 0) is 6.42 Å². The van der Waals surface area contributed by atoms with E-state index < -0.39 is 0 Å². The van der Waals surface area contributed by atoms with E-state index >= 15 is 0 Å². The number of fused-ring (bicyclic) bond motifs is 2. The van der Waals surface area contributed by atoms with Crippen LogP contribution in [0.5, 0.6) is 0 Å². The van der Waals surface area contributed by atoms with E-state index in [9.17, 15) is 4.79 Å². The second-order valence-electron chi connectivity index (χ2n) is 6.10. The molecule has 0 amide bonds. The normalized spacial score (nSPS) is 11.4. The highest BCUT2D eigenvalue weighted by Crippen LogP contribution is 2.31. The molecule has 3 heterocycles. The summed E-state index contributed by atoms with van der Waals surface area (Å²) in [6, 6.07) is 17.6. The molecule has 132 valence electrons. The van der Waals surface area contributed by atoms with Crippen LogP contribution < -0.4 is 5.56 Å². The highest BCUT2D eigenvalue weighted by atomic mass is 35.5. The van der Waals surface area contributed by atoms with Gasteiger partial charge in [-0.05, 0) is 29.8 Å². The van der Waals surface area contributed by atoms with Gasteiger partial charge in [-0.3, -0.25) is 4.79 Å². The monoisotopic (exact) mass is 409 g/mol. The average Bonchev–Trinajstić information content (AvgIpc) is 3.26. The Bertz CT molecular complexity index is 1340. The largest absolute Gasteiger partial charge is 0.310 e. The quantitative estimate of drug-likeness (QED) is 0.427. The number of hydrogen-bond acceptors (Lipinski definition) is 5. The molecule has 0 spiro atoms. The third kappa shape index (κ3) is 3.16. The number of nitrogens with zero attached hydrogens (tertiary/aromatic N) is 2. The average molecular weight is 410 g/mol. The van der Waals surface area contributed by atoms with E-state index in [0.717, 1.165) is 30.5 Å². The number of nitrogens with one attached hydrogen (secondary N) is 1. The number of benzene rings is 2. The number of aromatic amines is 1. The molecule has 0 bridgehead atoms. The van der Waals surface area contributed by atoms with Crippen molar-refractivity contribution in [2.45, 2.75) is 6.42 Å². The van der Waals surface area contributed by atoms with Crippen molar-refractivity contribution >= 4 is 54.7 Å². The van der Waals surface area contributed by atoms with Crippen LogP contribution in [-0.4, -0.2) is 15.0 Å². The first-order valence-electron chi connectivity index (χ1n) is 8.29. The molecule has 5 aromatic rings. The molecule has 3 aromatic heterocycles. The molecule has 2 aromatic carbocycles. The standard InChI is InChI=1S/C20H12ClN3OS2/c21-12-6-7-15-14(8-12)22-18(26-15)10-17-23-19(25)13-9-16(27-20(13)24-17)11-4-2-1-3-5-11/h1-9H,10H2,(H,23,24,25). The zero-order chi connectivity index (χ0) is 18.4. The first-order valence-corrected chi connectivity index (χ1v) is 10.3. The minimum Gasteiger partial charge on any atom is -0.310 e. The third-order valence-corrected chi connectivity index (χ3v) is 6.57. The van der Waals surface area contributed by atoms with Crippen molar-refractivity contribution in [3.05, 3.63) is 80.8 Å². The van der Waals surface area contributed by atoms with Crippen molar-refractivity contribution in [3.63, 3.8) is 0 Å². The van der Waals surface area contributed by atoms with Crippen LogP contribution in [0.2, 0.25) is 5.02 Å². The van der Waals surface area contributed by atoms with E-state index in [1.54, 1.807) is 11.3 Å². The lowest BCUT2D eigenvalue weighted by molar-refractivity contribution is 0.969. The molecule has 5 rings (SSSR count). The van der Waals surface area contributed by atoms with Gasteiger partial charge in [0.05, 0.1) is 22.0 Å². The number of thiophene rings is 1. The lowest BCUT2D eigenvalue weighted by Crippen LogP contribution is -2.10. The fourth-order valence-corrected chi connectivity index (χ4v) is 5.15. The van der Waals surface area contributed by atoms with Gasteiger partial charge in [0, 0.05) is 9.90 Å². The Kier molecular flexibility index (Phi) is 4.04. The van der Waals surface area contributed by atoms with Crippen LogP contribution in [0.25, 0.3) is 30.9 Å². The van der Waals surface area contributed by atoms with E-state index in [4.69, 9.17) is 11.6 Å². The first kappa shape index (κ1) is 16.6. The summed E-state index contributed by atoms with van der Waals surface area (Å²) in [5.74, 6) is 0.624. The third-order valence-electron chi connectivity index (χ3n) is 4.22. The zero-order valence-corrected chi connectivity index (χ0v) is 16.3. The molecular weight excluding hydrogens is 398 g/mol. The van der Waals surface area contributed by atoms with Gasteiger partial charge in [-0.15, -0.1) is 22.7 Å². The number of H-pyrrole nitrogens is 1. The number of hydrogen-bond donors (Lipinski definition) is 1. The zero-order valence-electron chi connectivity index (χ0n) is 13.9. The van der Waals surface area contributed by atoms with Gasteiger partial charge in [0.1, 0.15) is 15.7 Å². The van der Waals surface area contributed by atoms with E-state index in [1.165, 1.54) is 11.3 Å². The van der Waals surface area contributed by atoms with Crippen molar-refractivity contribution in [1.82, 2.24) is 15.0 Å². The second kappa shape index (κ2) is 6.56. The summed E-state index contributed by atoms with van der Waals surface area (Å²) >= 11 is 9.15. The Labute approximate surface area is 167 Å². The topological polar surface area (TPSA) is 58.6 Å². The second-order valence-corrected chi connectivity index (χ2v) is 8.69. The number of halogens is 1. The van der Waals surface area contributed by atoms with Crippen LogP contribution in [0.3, 0.4) is 0 Å². The smallest absolute Gasteiger partial charge is 0.259 e. The molecule has 0 atom stereocenters. The lowest BCUT2D eigenvalue weighted by Gasteiger charge is -1.97. The summed E-state index contributed by atoms with van der Waals surface area (Å²) in [5.41, 5.74) is 1.84. The molecule has 0 saturated heterocycles. The summed E-state index contributed by atoms with van der Waals surface area (Å²) in [6.45, 7) is 0. The van der Waals surface area contributed by atoms with Crippen molar-refractivity contribution in [2.75, 3.05) is 0 Å². The van der Waals surface area contributed by atoms with E-state index in [2.05, 4.69) is 15.0 Å². The van der Waals surface area contributed by atoms with Crippen molar-refractivity contribution in [1.29, 1.82) is 0 Å². The van der Waals surface area contributed by atoms with Crippen LogP contribution >= 0.6 is 34.3 Å². The summed E-state index contributed by atoms with van der Waals surface area (Å²) in [4.78, 5) is 26.5. The summed E-state index contributed by atoms with van der Waals surface area (Å²) < 4.78 is 1.07. The predicted molar refractivity (Wildman–Crippen MR) is 113 cm³/mol. The molecule has 0 saturated carbocycles. The maximum Gasteiger partial charge on any atom is 0.259 e. The van der Waals surface area contributed by atoms with E-state index in [-0.39, 0.29) is 5.56 Å². The number of rotatable bonds is 3. The summed E-state index contributed by atoms with van der Waals surface area (Å²) in [6.07, 6.45) is 0.487. The van der Waals surface area contributed by atoms with Crippen LogP contribution in [0.1, 0.15) is 10.8 Å². The highest BCUT2D eigenvalue weighted by Gasteiger charge is 2.12. The Morgan fingerprint density at radius 3 is 2.70 bits per heavy atom. The molecule has 7 heteroatoms. The maximum absolute atomic E-state index is 12.5. The van der Waals surface area contributed by atoms with Gasteiger partial charge in [0.15, 0.2) is 0 Å². The predicted octanol–water partition coefficient (Wildman–Crippen LogP) is 5.51. The van der Waals surface area contributed by atoms with Crippen molar-refractivity contribution in [2.24, 2.45) is 0 Å². The highest BCUT2D eigenvalue weighted by molar-refractivity contribution is 7.21. The van der Waals surface area contributed by atoms with Gasteiger partial charge in [-0.25, -0.2) is 9.97 Å². The minimum atomic E-state index is -0.113. The Hall–Kier alpha value is -2.54. The van der Waals surface area contributed by atoms with Crippen LogP contribution in [0.4, 0.5) is 0 Å². The number of aromatic nitrogens is 3. The van der Waals surface area contributed by atoms with Gasteiger partial charge in [-0.2, -0.15) is 0 Å². The van der Waals surface area contributed by atoms with Crippen molar-refractivity contribution in [3.8, 4) is 10.4 Å². The number of thiazole rings is 1. The van der Waals surface area contributed by atoms with Crippen LogP contribution in [0, 0.1) is 0 Å². The molecule has 0 unspecified atom stereocenters. The van der Waals surface area contributed by atoms with Gasteiger partial charge in [-0.1, -0.05) is 41.9 Å². The molecule has 1 N–H and O–H groups in total. The lowest BCUT2D eigenvalue weighted by atomic mass is 10.2. The van der Waals surface area contributed by atoms with Gasteiger partial charge >= 0.3 is 0 Å². The molecule has 0 aliphatic rings. The molecule has 0 aliphatic carbocycles. The molecule has 0 aliphatic heterocycles. The van der Waals surface area contributed by atoms with E-state index in [1.807, 2.05) is 54.6 Å². The fourth-order valence-electron chi connectivity index (χ4n) is 2.97. The Morgan fingerprint density at radius 2 is 1.85 bits per heavy atom. The summed E-state index contributed by atoms with van der Waals surface area (Å²) in [7, 11) is 0. The molecule has 0 fully saturated rings. The Morgan fingerprint density at radius 1 is 1.00 bits per heavy atom. The molecule has 27 heavy (non-hydrogen) atoms. The van der Waals surface area contributed by atoms with Gasteiger partial charge in [0.25, 0.3) is 5.56 Å². The molecular formula is C20H12ClN3OS2. The minimum absolute atomic E-state index is 0.113. The maximum atomic E-state index is 12.5. The van der Waals surface area contributed by atoms with Crippen molar-refractivity contribution < 1.29 is 0 Å². The molecule has 4 nitrogen and oxygen atoms in total. The first-order chi connectivity index (χ1) is 13.2.